The molecule has 1 aliphatic carbocycles. The van der Waals surface area contributed by atoms with Crippen LogP contribution in [0.2, 0.25) is 10.0 Å². The van der Waals surface area contributed by atoms with Crippen LogP contribution >= 0.6 is 35.0 Å². The number of halogens is 2. The molecule has 2 aliphatic rings. The number of rotatable bonds is 1. The van der Waals surface area contributed by atoms with Gasteiger partial charge in [0.1, 0.15) is 0 Å². The number of amides is 1. The zero-order chi connectivity index (χ0) is 16.1. The molecule has 0 saturated carbocycles. The first kappa shape index (κ1) is 14.8. The molecule has 0 fully saturated rings. The highest BCUT2D eigenvalue weighted by Crippen LogP contribution is 2.49. The normalized spacial score (nSPS) is 19.5. The Morgan fingerprint density at radius 2 is 1.74 bits per heavy atom. The van der Waals surface area contributed by atoms with E-state index in [0.29, 0.717) is 32.4 Å². The maximum atomic E-state index is 12.8. The van der Waals surface area contributed by atoms with Crippen LogP contribution in [0.15, 0.2) is 48.0 Å². The van der Waals surface area contributed by atoms with E-state index in [4.69, 9.17) is 23.2 Å². The molecule has 0 saturated heterocycles. The number of hydrogen-bond acceptors (Lipinski definition) is 3. The van der Waals surface area contributed by atoms with Gasteiger partial charge in [0, 0.05) is 26.7 Å². The maximum absolute atomic E-state index is 12.8. The third kappa shape index (κ3) is 2.29. The molecule has 1 atom stereocenters. The highest BCUT2D eigenvalue weighted by atomic mass is 35.5. The van der Waals surface area contributed by atoms with Crippen molar-refractivity contribution in [3.63, 3.8) is 0 Å². The van der Waals surface area contributed by atoms with E-state index in [1.807, 2.05) is 18.2 Å². The molecule has 4 rings (SSSR count). The molecule has 1 amide bonds. The van der Waals surface area contributed by atoms with Gasteiger partial charge in [-0.25, -0.2) is 0 Å². The molecule has 2 aromatic carbocycles. The lowest BCUT2D eigenvalue weighted by atomic mass is 10.0. The van der Waals surface area contributed by atoms with Gasteiger partial charge in [0.2, 0.25) is 0 Å². The summed E-state index contributed by atoms with van der Waals surface area (Å²) in [6.45, 7) is 0. The minimum Gasteiger partial charge on any atom is -0.316 e. The van der Waals surface area contributed by atoms with E-state index in [2.05, 4.69) is 5.32 Å². The fraction of sp³-hybridized carbons (Fsp3) is 0.0588. The van der Waals surface area contributed by atoms with Gasteiger partial charge in [-0.2, -0.15) is 0 Å². The van der Waals surface area contributed by atoms with Crippen LogP contribution in [0.25, 0.3) is 5.70 Å². The summed E-state index contributed by atoms with van der Waals surface area (Å²) >= 11 is 13.3. The summed E-state index contributed by atoms with van der Waals surface area (Å²) in [4.78, 5) is 24.9. The number of hydrogen-bond donors (Lipinski definition) is 1. The van der Waals surface area contributed by atoms with Crippen LogP contribution in [0, 0.1) is 0 Å². The van der Waals surface area contributed by atoms with E-state index < -0.39 is 5.25 Å². The lowest BCUT2D eigenvalue weighted by Gasteiger charge is -2.24. The van der Waals surface area contributed by atoms with Gasteiger partial charge in [-0.05, 0) is 17.7 Å². The molecule has 23 heavy (non-hydrogen) atoms. The Morgan fingerprint density at radius 3 is 2.48 bits per heavy atom. The van der Waals surface area contributed by atoms with Gasteiger partial charge in [0.05, 0.1) is 10.9 Å². The molecule has 0 radical (unpaired) electrons. The molecule has 114 valence electrons. The highest BCUT2D eigenvalue weighted by molar-refractivity contribution is 8.14. The summed E-state index contributed by atoms with van der Waals surface area (Å²) in [5.74, 6) is -0.0703. The number of nitrogens with one attached hydrogen (secondary N) is 1. The van der Waals surface area contributed by atoms with Crippen molar-refractivity contribution in [3.05, 3.63) is 74.8 Å². The zero-order valence-electron chi connectivity index (χ0n) is 11.6. The Morgan fingerprint density at radius 1 is 1.00 bits per heavy atom. The first-order valence-electron chi connectivity index (χ1n) is 6.87. The van der Waals surface area contributed by atoms with E-state index in [9.17, 15) is 9.59 Å². The van der Waals surface area contributed by atoms with E-state index in [1.165, 1.54) is 0 Å². The van der Waals surface area contributed by atoms with Gasteiger partial charge in [-0.3, -0.25) is 9.59 Å². The SMILES string of the molecule is O=C1NC2=C(C(=O)c3ccccc32)[C@H](c2ccc(Cl)cc2Cl)S1. The average molecular weight is 362 g/mol. The standard InChI is InChI=1S/C17H9Cl2NO2S/c18-8-5-6-11(12(19)7-8)16-13-14(20-17(22)23-16)9-3-1-2-4-10(9)15(13)21/h1-7,16H,(H,20,22)/t16-/m0/s1. The number of benzene rings is 2. The number of carbonyl (C=O) groups is 2. The molecule has 0 bridgehead atoms. The lowest BCUT2D eigenvalue weighted by molar-refractivity contribution is 0.103. The topological polar surface area (TPSA) is 46.2 Å². The van der Waals surface area contributed by atoms with E-state index >= 15 is 0 Å². The molecule has 3 nitrogen and oxygen atoms in total. The van der Waals surface area contributed by atoms with Crippen molar-refractivity contribution in [2.24, 2.45) is 0 Å². The molecular formula is C17H9Cl2NO2S. The quantitative estimate of drug-likeness (QED) is 0.768. The molecule has 0 aromatic heterocycles. The first-order valence-corrected chi connectivity index (χ1v) is 8.50. The van der Waals surface area contributed by atoms with Crippen molar-refractivity contribution < 1.29 is 9.59 Å². The molecule has 1 heterocycles. The van der Waals surface area contributed by atoms with Crippen molar-refractivity contribution in [1.82, 2.24) is 5.32 Å². The Bertz CT molecular complexity index is 907. The summed E-state index contributed by atoms with van der Waals surface area (Å²) in [6.07, 6.45) is 0. The van der Waals surface area contributed by atoms with Crippen LogP contribution < -0.4 is 5.32 Å². The minimum atomic E-state index is -0.441. The van der Waals surface area contributed by atoms with Gasteiger partial charge < -0.3 is 5.32 Å². The zero-order valence-corrected chi connectivity index (χ0v) is 13.9. The van der Waals surface area contributed by atoms with Crippen molar-refractivity contribution in [2.45, 2.75) is 5.25 Å². The minimum absolute atomic E-state index is 0.0703. The van der Waals surface area contributed by atoms with E-state index in [0.717, 1.165) is 17.3 Å². The Hall–Kier alpha value is -1.75. The second-order valence-corrected chi connectivity index (χ2v) is 7.16. The Kier molecular flexibility index (Phi) is 3.48. The summed E-state index contributed by atoms with van der Waals surface area (Å²) in [6, 6.07) is 12.4. The van der Waals surface area contributed by atoms with E-state index in [1.54, 1.807) is 24.3 Å². The average Bonchev–Trinajstić information content (AvgIpc) is 2.80. The Balaban J connectivity index is 1.91. The third-order valence-corrected chi connectivity index (χ3v) is 5.52. The second-order valence-electron chi connectivity index (χ2n) is 5.24. The molecule has 0 unspecified atom stereocenters. The number of ketones is 1. The Labute approximate surface area is 146 Å². The fourth-order valence-corrected chi connectivity index (χ4v) is 4.55. The smallest absolute Gasteiger partial charge is 0.284 e. The summed E-state index contributed by atoms with van der Waals surface area (Å²) in [7, 11) is 0. The van der Waals surface area contributed by atoms with Gasteiger partial charge in [0.25, 0.3) is 5.24 Å². The number of Topliss-reactive ketones (excluding diaryl/α,β-unsaturated/α-hetero) is 1. The van der Waals surface area contributed by atoms with Gasteiger partial charge in [-0.15, -0.1) is 0 Å². The maximum Gasteiger partial charge on any atom is 0.284 e. The predicted molar refractivity (Wildman–Crippen MR) is 93.0 cm³/mol. The van der Waals surface area contributed by atoms with Crippen LogP contribution in [0.4, 0.5) is 4.79 Å². The van der Waals surface area contributed by atoms with Crippen LogP contribution in [0.5, 0.6) is 0 Å². The summed E-state index contributed by atoms with van der Waals surface area (Å²) in [5.41, 5.74) is 3.24. The monoisotopic (exact) mass is 361 g/mol. The molecule has 6 heteroatoms. The first-order chi connectivity index (χ1) is 11.1. The molecular weight excluding hydrogens is 353 g/mol. The summed E-state index contributed by atoms with van der Waals surface area (Å²) < 4.78 is 0. The van der Waals surface area contributed by atoms with Crippen LogP contribution in [0.3, 0.4) is 0 Å². The van der Waals surface area contributed by atoms with Gasteiger partial charge in [0.15, 0.2) is 5.78 Å². The molecule has 2 aromatic rings. The highest BCUT2D eigenvalue weighted by Gasteiger charge is 2.41. The molecule has 0 spiro atoms. The fourth-order valence-electron chi connectivity index (χ4n) is 2.92. The predicted octanol–water partition coefficient (Wildman–Crippen LogP) is 5.10. The second kappa shape index (κ2) is 5.41. The number of carbonyl (C=O) groups excluding carboxylic acids is 2. The van der Waals surface area contributed by atoms with E-state index in [-0.39, 0.29) is 11.0 Å². The molecule has 1 aliphatic heterocycles. The van der Waals surface area contributed by atoms with Crippen molar-refractivity contribution in [3.8, 4) is 0 Å². The summed E-state index contributed by atoms with van der Waals surface area (Å²) in [5, 5.41) is 3.12. The van der Waals surface area contributed by atoms with Crippen LogP contribution in [-0.4, -0.2) is 11.0 Å². The van der Waals surface area contributed by atoms with Crippen molar-refractivity contribution >= 4 is 51.7 Å². The van der Waals surface area contributed by atoms with Crippen molar-refractivity contribution in [2.75, 3.05) is 0 Å². The van der Waals surface area contributed by atoms with Gasteiger partial charge >= 0.3 is 0 Å². The largest absolute Gasteiger partial charge is 0.316 e. The van der Waals surface area contributed by atoms with Gasteiger partial charge in [-0.1, -0.05) is 65.3 Å². The third-order valence-electron chi connectivity index (χ3n) is 3.91. The van der Waals surface area contributed by atoms with Crippen molar-refractivity contribution in [1.29, 1.82) is 0 Å². The van der Waals surface area contributed by atoms with Crippen LogP contribution in [-0.2, 0) is 0 Å². The number of fused-ring (bicyclic) bond motifs is 2. The molecule has 1 N–H and O–H groups in total. The van der Waals surface area contributed by atoms with Crippen LogP contribution in [0.1, 0.15) is 26.7 Å². The number of thioether (sulfide) groups is 1. The lowest BCUT2D eigenvalue weighted by Crippen LogP contribution is -2.25.